The Kier molecular flexibility index (Phi) is 8.36. The van der Waals surface area contributed by atoms with Gasteiger partial charge in [0.25, 0.3) is 0 Å². The van der Waals surface area contributed by atoms with Crippen molar-refractivity contribution >= 4 is 5.78 Å². The molecule has 0 N–H and O–H groups in total. The smallest absolute Gasteiger partial charge is 0.351 e. The summed E-state index contributed by atoms with van der Waals surface area (Å²) in [7, 11) is 1.38. The highest BCUT2D eigenvalue weighted by molar-refractivity contribution is 5.79. The Hall–Kier alpha value is -3.26. The first kappa shape index (κ1) is 25.8. The number of ketones is 1. The second kappa shape index (κ2) is 11.6. The van der Waals surface area contributed by atoms with Crippen LogP contribution in [0.1, 0.15) is 45.1 Å². The maximum absolute atomic E-state index is 14.0. The fourth-order valence-electron chi connectivity index (χ4n) is 4.69. The highest BCUT2D eigenvalue weighted by atomic mass is 19.1. The molecule has 1 aromatic heterocycles. The zero-order valence-corrected chi connectivity index (χ0v) is 21.4. The van der Waals surface area contributed by atoms with Crippen molar-refractivity contribution in [2.24, 2.45) is 5.92 Å². The summed E-state index contributed by atoms with van der Waals surface area (Å²) < 4.78 is 21.8. The van der Waals surface area contributed by atoms with Crippen LogP contribution >= 0.6 is 0 Å². The van der Waals surface area contributed by atoms with Gasteiger partial charge in [0, 0.05) is 18.5 Å². The van der Waals surface area contributed by atoms with Gasteiger partial charge in [-0.25, -0.2) is 9.18 Å². The second-order valence-corrected chi connectivity index (χ2v) is 9.91. The number of Topliss-reactive ketones (excluding diaryl/α,β-unsaturated/α-hetero) is 1. The van der Waals surface area contributed by atoms with E-state index in [1.165, 1.54) is 59.4 Å². The van der Waals surface area contributed by atoms with Crippen molar-refractivity contribution in [2.45, 2.75) is 52.5 Å². The zero-order valence-electron chi connectivity index (χ0n) is 21.4. The number of methoxy groups -OCH3 is 1. The van der Waals surface area contributed by atoms with Crippen molar-refractivity contribution < 1.29 is 13.9 Å². The molecule has 3 aromatic rings. The van der Waals surface area contributed by atoms with Crippen LogP contribution in [0.5, 0.6) is 5.75 Å². The molecule has 0 radical (unpaired) electrons. The second-order valence-electron chi connectivity index (χ2n) is 9.91. The Labute approximate surface area is 211 Å². The van der Waals surface area contributed by atoms with Crippen LogP contribution in [0.15, 0.2) is 47.3 Å². The van der Waals surface area contributed by atoms with Crippen LogP contribution in [-0.2, 0) is 17.8 Å². The van der Waals surface area contributed by atoms with Crippen LogP contribution in [0.4, 0.5) is 4.39 Å². The molecule has 0 saturated carbocycles. The van der Waals surface area contributed by atoms with Crippen molar-refractivity contribution in [3.8, 4) is 22.8 Å². The molecule has 1 fully saturated rings. The zero-order chi connectivity index (χ0) is 25.7. The standard InChI is InChI=1S/C28H35FN4O3/c1-20(2)17-24(34)19-32-27(22-9-12-25(29)26(18-22)36-3)30-33(28(32)35)23-10-7-21(8-11-23)13-16-31-14-5-4-6-15-31/h7-12,18,20H,4-6,13-17,19H2,1-3H3. The quantitative estimate of drug-likeness (QED) is 0.415. The van der Waals surface area contributed by atoms with Crippen molar-refractivity contribution in [3.05, 3.63) is 64.3 Å². The van der Waals surface area contributed by atoms with Crippen LogP contribution in [-0.4, -0.2) is 51.8 Å². The number of hydrogen-bond acceptors (Lipinski definition) is 5. The van der Waals surface area contributed by atoms with Crippen molar-refractivity contribution in [1.29, 1.82) is 0 Å². The Morgan fingerprint density at radius 1 is 1.08 bits per heavy atom. The molecular formula is C28H35FN4O3. The highest BCUT2D eigenvalue weighted by Crippen LogP contribution is 2.25. The van der Waals surface area contributed by atoms with Gasteiger partial charge in [-0.1, -0.05) is 32.4 Å². The Balaban J connectivity index is 1.63. The van der Waals surface area contributed by atoms with Crippen LogP contribution < -0.4 is 10.4 Å². The van der Waals surface area contributed by atoms with Crippen molar-refractivity contribution in [2.75, 3.05) is 26.7 Å². The fraction of sp³-hybridized carbons (Fsp3) is 0.464. The average Bonchev–Trinajstić information content (AvgIpc) is 3.19. The first-order valence-corrected chi connectivity index (χ1v) is 12.7. The lowest BCUT2D eigenvalue weighted by Crippen LogP contribution is -2.31. The van der Waals surface area contributed by atoms with Crippen molar-refractivity contribution in [1.82, 2.24) is 19.2 Å². The molecule has 192 valence electrons. The number of benzene rings is 2. The van der Waals surface area contributed by atoms with Gasteiger partial charge in [0.15, 0.2) is 23.2 Å². The minimum Gasteiger partial charge on any atom is -0.494 e. The van der Waals surface area contributed by atoms with Crippen LogP contribution in [0.2, 0.25) is 0 Å². The minimum atomic E-state index is -0.509. The molecule has 4 rings (SSSR count). The fourth-order valence-corrected chi connectivity index (χ4v) is 4.69. The highest BCUT2D eigenvalue weighted by Gasteiger charge is 2.20. The van der Waals surface area contributed by atoms with Gasteiger partial charge in [-0.3, -0.25) is 9.36 Å². The summed E-state index contributed by atoms with van der Waals surface area (Å²) in [6, 6.07) is 12.1. The topological polar surface area (TPSA) is 69.4 Å². The van der Waals surface area contributed by atoms with Gasteiger partial charge in [0.05, 0.1) is 19.3 Å². The molecular weight excluding hydrogens is 459 g/mol. The maximum Gasteiger partial charge on any atom is 0.351 e. The lowest BCUT2D eigenvalue weighted by Gasteiger charge is -2.26. The third-order valence-electron chi connectivity index (χ3n) is 6.59. The lowest BCUT2D eigenvalue weighted by atomic mass is 10.1. The molecule has 2 aromatic carbocycles. The van der Waals surface area contributed by atoms with E-state index in [4.69, 9.17) is 4.74 Å². The molecule has 36 heavy (non-hydrogen) atoms. The molecule has 0 bridgehead atoms. The lowest BCUT2D eigenvalue weighted by molar-refractivity contribution is -0.120. The van der Waals surface area contributed by atoms with Gasteiger partial charge in [0.2, 0.25) is 0 Å². The van der Waals surface area contributed by atoms with Gasteiger partial charge in [0.1, 0.15) is 0 Å². The predicted molar refractivity (Wildman–Crippen MR) is 138 cm³/mol. The average molecular weight is 495 g/mol. The Bertz CT molecular complexity index is 1240. The maximum atomic E-state index is 14.0. The molecule has 1 aliphatic heterocycles. The van der Waals surface area contributed by atoms with Gasteiger partial charge in [-0.05, 0) is 74.2 Å². The van der Waals surface area contributed by atoms with E-state index < -0.39 is 11.5 Å². The molecule has 1 aliphatic rings. The number of aromatic nitrogens is 3. The van der Waals surface area contributed by atoms with E-state index >= 15 is 0 Å². The van der Waals surface area contributed by atoms with E-state index in [-0.39, 0.29) is 24.0 Å². The summed E-state index contributed by atoms with van der Waals surface area (Å²) >= 11 is 0. The summed E-state index contributed by atoms with van der Waals surface area (Å²) in [4.78, 5) is 28.6. The molecule has 1 saturated heterocycles. The number of nitrogens with zero attached hydrogens (tertiary/aromatic N) is 4. The third-order valence-corrected chi connectivity index (χ3v) is 6.59. The van der Waals surface area contributed by atoms with Gasteiger partial charge >= 0.3 is 5.69 Å². The van der Waals surface area contributed by atoms with E-state index in [1.807, 2.05) is 38.1 Å². The number of piperidine rings is 1. The third kappa shape index (κ3) is 6.10. The summed E-state index contributed by atoms with van der Waals surface area (Å²) in [5.74, 6) is -0.0482. The molecule has 0 aliphatic carbocycles. The van der Waals surface area contributed by atoms with Crippen LogP contribution in [0, 0.1) is 11.7 Å². The number of ether oxygens (including phenoxy) is 1. The number of halogens is 1. The van der Waals surface area contributed by atoms with E-state index in [1.54, 1.807) is 0 Å². The minimum absolute atomic E-state index is 0.0487. The first-order valence-electron chi connectivity index (χ1n) is 12.7. The van der Waals surface area contributed by atoms with Gasteiger partial charge in [-0.15, -0.1) is 5.10 Å². The van der Waals surface area contributed by atoms with E-state index in [9.17, 15) is 14.0 Å². The number of carbonyl (C=O) groups is 1. The van der Waals surface area contributed by atoms with E-state index in [0.717, 1.165) is 26.1 Å². The van der Waals surface area contributed by atoms with E-state index in [2.05, 4.69) is 10.00 Å². The summed E-state index contributed by atoms with van der Waals surface area (Å²) in [5, 5.41) is 4.57. The molecule has 7 nitrogen and oxygen atoms in total. The predicted octanol–water partition coefficient (Wildman–Crippen LogP) is 4.49. The molecule has 0 unspecified atom stereocenters. The molecule has 8 heteroatoms. The largest absolute Gasteiger partial charge is 0.494 e. The summed E-state index contributed by atoms with van der Waals surface area (Å²) in [6.45, 7) is 7.18. The molecule has 0 amide bonds. The number of carbonyl (C=O) groups excluding carboxylic acids is 1. The van der Waals surface area contributed by atoms with Crippen LogP contribution in [0.25, 0.3) is 17.1 Å². The first-order chi connectivity index (χ1) is 17.4. The number of hydrogen-bond donors (Lipinski definition) is 0. The van der Waals surface area contributed by atoms with Crippen LogP contribution in [0.3, 0.4) is 0 Å². The SMILES string of the molecule is COc1cc(-c2nn(-c3ccc(CCN4CCCCC4)cc3)c(=O)n2CC(=O)CC(C)C)ccc1F. The normalized spacial score (nSPS) is 14.4. The Morgan fingerprint density at radius 2 is 1.81 bits per heavy atom. The Morgan fingerprint density at radius 3 is 2.47 bits per heavy atom. The molecule has 0 spiro atoms. The summed E-state index contributed by atoms with van der Waals surface area (Å²) in [6.07, 6.45) is 5.17. The van der Waals surface area contributed by atoms with E-state index in [0.29, 0.717) is 23.5 Å². The molecule has 0 atom stereocenters. The molecule has 2 heterocycles. The monoisotopic (exact) mass is 494 g/mol. The van der Waals surface area contributed by atoms with Crippen molar-refractivity contribution in [3.63, 3.8) is 0 Å². The number of rotatable bonds is 10. The summed E-state index contributed by atoms with van der Waals surface area (Å²) in [5.41, 5.74) is 1.91. The number of likely N-dealkylation sites (tertiary alicyclic amines) is 1. The van der Waals surface area contributed by atoms with Gasteiger partial charge in [-0.2, -0.15) is 4.68 Å². The van der Waals surface area contributed by atoms with Gasteiger partial charge < -0.3 is 9.64 Å².